The molecule has 2 rings (SSSR count). The maximum Gasteiger partial charge on any atom is 0.237 e. The zero-order valence-electron chi connectivity index (χ0n) is 9.71. The van der Waals surface area contributed by atoms with E-state index in [0.717, 1.165) is 29.4 Å². The first-order valence-electron chi connectivity index (χ1n) is 6.02. The zero-order valence-corrected chi connectivity index (χ0v) is 11.3. The highest BCUT2D eigenvalue weighted by Crippen LogP contribution is 2.15. The predicted molar refractivity (Wildman–Crippen MR) is 71.6 cm³/mol. The molecule has 0 bridgehead atoms. The van der Waals surface area contributed by atoms with Crippen molar-refractivity contribution in [1.29, 1.82) is 0 Å². The number of rotatable bonds is 3. The molecule has 3 nitrogen and oxygen atoms in total. The topological polar surface area (TPSA) is 41.1 Å². The molecule has 1 aromatic carbocycles. The SMILES string of the molecule is O=C(NCc1ccccc1Br)[C@@H]1CCCCN1. The van der Waals surface area contributed by atoms with E-state index in [4.69, 9.17) is 0 Å². The number of nitrogens with one attached hydrogen (secondary N) is 2. The highest BCUT2D eigenvalue weighted by atomic mass is 79.9. The first-order valence-corrected chi connectivity index (χ1v) is 6.81. The minimum atomic E-state index is -0.00811. The Hall–Kier alpha value is -0.870. The van der Waals surface area contributed by atoms with Crippen molar-refractivity contribution >= 4 is 21.8 Å². The van der Waals surface area contributed by atoms with E-state index in [1.807, 2.05) is 24.3 Å². The van der Waals surface area contributed by atoms with Crippen LogP contribution in [0.2, 0.25) is 0 Å². The normalized spacial score (nSPS) is 19.9. The molecular weight excluding hydrogens is 280 g/mol. The summed E-state index contributed by atoms with van der Waals surface area (Å²) >= 11 is 3.48. The van der Waals surface area contributed by atoms with Crippen LogP contribution in [-0.4, -0.2) is 18.5 Å². The summed E-state index contributed by atoms with van der Waals surface area (Å²) in [5, 5.41) is 6.22. The second kappa shape index (κ2) is 6.17. The molecule has 1 aliphatic heterocycles. The molecule has 0 saturated carbocycles. The number of carbonyl (C=O) groups is 1. The van der Waals surface area contributed by atoms with Gasteiger partial charge in [-0.3, -0.25) is 4.79 Å². The quantitative estimate of drug-likeness (QED) is 0.898. The van der Waals surface area contributed by atoms with Gasteiger partial charge in [0.1, 0.15) is 0 Å². The van der Waals surface area contributed by atoms with Crippen molar-refractivity contribution in [2.45, 2.75) is 31.8 Å². The zero-order chi connectivity index (χ0) is 12.1. The Bertz CT molecular complexity index is 389. The Labute approximate surface area is 110 Å². The van der Waals surface area contributed by atoms with Gasteiger partial charge in [-0.05, 0) is 31.0 Å². The molecule has 92 valence electrons. The van der Waals surface area contributed by atoms with Crippen LogP contribution in [0.25, 0.3) is 0 Å². The smallest absolute Gasteiger partial charge is 0.237 e. The van der Waals surface area contributed by atoms with E-state index in [-0.39, 0.29) is 11.9 Å². The third-order valence-corrected chi connectivity index (χ3v) is 3.81. The summed E-state index contributed by atoms with van der Waals surface area (Å²) in [7, 11) is 0. The van der Waals surface area contributed by atoms with Gasteiger partial charge < -0.3 is 10.6 Å². The fraction of sp³-hybridized carbons (Fsp3) is 0.462. The molecule has 2 N–H and O–H groups in total. The second-order valence-electron chi connectivity index (χ2n) is 4.31. The molecular formula is C13H17BrN2O. The van der Waals surface area contributed by atoms with E-state index in [1.165, 1.54) is 6.42 Å². The maximum absolute atomic E-state index is 11.9. The molecule has 4 heteroatoms. The van der Waals surface area contributed by atoms with Crippen molar-refractivity contribution in [1.82, 2.24) is 10.6 Å². The van der Waals surface area contributed by atoms with Crippen molar-refractivity contribution < 1.29 is 4.79 Å². The van der Waals surface area contributed by atoms with Crippen LogP contribution in [0, 0.1) is 0 Å². The molecule has 0 radical (unpaired) electrons. The van der Waals surface area contributed by atoms with Gasteiger partial charge in [0.2, 0.25) is 5.91 Å². The summed E-state index contributed by atoms with van der Waals surface area (Å²) in [6, 6.07) is 7.94. The van der Waals surface area contributed by atoms with Gasteiger partial charge in [-0.2, -0.15) is 0 Å². The largest absolute Gasteiger partial charge is 0.351 e. The highest BCUT2D eigenvalue weighted by molar-refractivity contribution is 9.10. The van der Waals surface area contributed by atoms with Crippen LogP contribution in [0.5, 0.6) is 0 Å². The van der Waals surface area contributed by atoms with E-state index in [9.17, 15) is 4.79 Å². The number of carbonyl (C=O) groups excluding carboxylic acids is 1. The van der Waals surface area contributed by atoms with E-state index in [0.29, 0.717) is 6.54 Å². The second-order valence-corrected chi connectivity index (χ2v) is 5.17. The lowest BCUT2D eigenvalue weighted by Crippen LogP contribution is -2.46. The first kappa shape index (κ1) is 12.6. The average Bonchev–Trinajstić information content (AvgIpc) is 2.38. The van der Waals surface area contributed by atoms with E-state index < -0.39 is 0 Å². The molecule has 0 spiro atoms. The summed E-state index contributed by atoms with van der Waals surface area (Å²) in [5.41, 5.74) is 1.11. The molecule has 1 fully saturated rings. The van der Waals surface area contributed by atoms with E-state index >= 15 is 0 Å². The predicted octanol–water partition coefficient (Wildman–Crippen LogP) is 2.21. The average molecular weight is 297 g/mol. The summed E-state index contributed by atoms with van der Waals surface area (Å²) in [6.07, 6.45) is 3.26. The number of benzene rings is 1. The third-order valence-electron chi connectivity index (χ3n) is 3.04. The minimum Gasteiger partial charge on any atom is -0.351 e. The number of hydrogen-bond donors (Lipinski definition) is 2. The molecule has 17 heavy (non-hydrogen) atoms. The van der Waals surface area contributed by atoms with Crippen LogP contribution in [0.3, 0.4) is 0 Å². The summed E-state index contributed by atoms with van der Waals surface area (Å²) < 4.78 is 1.04. The number of halogens is 1. The summed E-state index contributed by atoms with van der Waals surface area (Å²) in [4.78, 5) is 11.9. The lowest BCUT2D eigenvalue weighted by atomic mass is 10.0. The van der Waals surface area contributed by atoms with Crippen LogP contribution in [0.4, 0.5) is 0 Å². The Morgan fingerprint density at radius 3 is 2.94 bits per heavy atom. The van der Waals surface area contributed by atoms with Gasteiger partial charge >= 0.3 is 0 Å². The van der Waals surface area contributed by atoms with Crippen LogP contribution in [0.1, 0.15) is 24.8 Å². The molecule has 1 aromatic rings. The monoisotopic (exact) mass is 296 g/mol. The van der Waals surface area contributed by atoms with Gasteiger partial charge in [-0.25, -0.2) is 0 Å². The molecule has 1 saturated heterocycles. The molecule has 0 aliphatic carbocycles. The van der Waals surface area contributed by atoms with E-state index in [1.54, 1.807) is 0 Å². The minimum absolute atomic E-state index is 0.00811. The molecule has 0 aromatic heterocycles. The molecule has 0 unspecified atom stereocenters. The standard InChI is InChI=1S/C13H17BrN2O/c14-11-6-2-1-5-10(11)9-16-13(17)12-7-3-4-8-15-12/h1-2,5-6,12,15H,3-4,7-9H2,(H,16,17)/t12-/m0/s1. The fourth-order valence-electron chi connectivity index (χ4n) is 2.02. The highest BCUT2D eigenvalue weighted by Gasteiger charge is 2.19. The Morgan fingerprint density at radius 2 is 2.24 bits per heavy atom. The van der Waals surface area contributed by atoms with Crippen molar-refractivity contribution in [3.8, 4) is 0 Å². The Balaban J connectivity index is 1.85. The van der Waals surface area contributed by atoms with Crippen molar-refractivity contribution in [3.05, 3.63) is 34.3 Å². The van der Waals surface area contributed by atoms with Crippen LogP contribution in [0.15, 0.2) is 28.7 Å². The first-order chi connectivity index (χ1) is 8.27. The molecule has 1 amide bonds. The van der Waals surface area contributed by atoms with Crippen molar-refractivity contribution in [2.75, 3.05) is 6.54 Å². The molecule has 1 heterocycles. The molecule has 1 aliphatic rings. The maximum atomic E-state index is 11.9. The van der Waals surface area contributed by atoms with Crippen molar-refractivity contribution in [3.63, 3.8) is 0 Å². The summed E-state index contributed by atoms with van der Waals surface area (Å²) in [6.45, 7) is 1.53. The fourth-order valence-corrected chi connectivity index (χ4v) is 2.45. The Morgan fingerprint density at radius 1 is 1.41 bits per heavy atom. The lowest BCUT2D eigenvalue weighted by molar-refractivity contribution is -0.123. The van der Waals surface area contributed by atoms with Gasteiger partial charge in [0.15, 0.2) is 0 Å². The number of piperidine rings is 1. The van der Waals surface area contributed by atoms with Gasteiger partial charge in [-0.15, -0.1) is 0 Å². The summed E-state index contributed by atoms with van der Waals surface area (Å²) in [5.74, 6) is 0.112. The number of amides is 1. The van der Waals surface area contributed by atoms with Crippen LogP contribution < -0.4 is 10.6 Å². The van der Waals surface area contributed by atoms with Gasteiger partial charge in [0.25, 0.3) is 0 Å². The van der Waals surface area contributed by atoms with Crippen molar-refractivity contribution in [2.24, 2.45) is 0 Å². The van der Waals surface area contributed by atoms with Crippen LogP contribution >= 0.6 is 15.9 Å². The van der Waals surface area contributed by atoms with Gasteiger partial charge in [-0.1, -0.05) is 40.5 Å². The van der Waals surface area contributed by atoms with E-state index in [2.05, 4.69) is 26.6 Å². The van der Waals surface area contributed by atoms with Gasteiger partial charge in [0.05, 0.1) is 6.04 Å². The third kappa shape index (κ3) is 3.54. The number of hydrogen-bond acceptors (Lipinski definition) is 2. The lowest BCUT2D eigenvalue weighted by Gasteiger charge is -2.22. The van der Waals surface area contributed by atoms with Gasteiger partial charge in [0, 0.05) is 11.0 Å². The van der Waals surface area contributed by atoms with Crippen LogP contribution in [-0.2, 0) is 11.3 Å². The Kier molecular flexibility index (Phi) is 4.57. The molecule has 1 atom stereocenters.